The smallest absolute Gasteiger partial charge is 0.300 e. The highest BCUT2D eigenvalue weighted by Crippen LogP contribution is 2.24. The van der Waals surface area contributed by atoms with Crippen LogP contribution in [-0.2, 0) is 11.2 Å². The molecule has 0 unspecified atom stereocenters. The second-order valence-electron chi connectivity index (χ2n) is 4.73. The number of hydrogen-bond acceptors (Lipinski definition) is 3. The molecule has 4 nitrogen and oxygen atoms in total. The lowest BCUT2D eigenvalue weighted by Gasteiger charge is -2.28. The molecule has 1 aliphatic heterocycles. The molecule has 0 bridgehead atoms. The number of carboxylic acids is 1. The lowest BCUT2D eigenvalue weighted by molar-refractivity contribution is -0.134. The number of carboxylic acid groups (broad SMARTS) is 1. The van der Waals surface area contributed by atoms with Gasteiger partial charge in [0.1, 0.15) is 0 Å². The normalized spacial score (nSPS) is 14.5. The number of benzene rings is 1. The van der Waals surface area contributed by atoms with E-state index in [9.17, 15) is 0 Å². The molecule has 1 aliphatic rings. The number of fused-ring (bicyclic) bond motifs is 1. The van der Waals surface area contributed by atoms with Gasteiger partial charge in [-0.15, -0.1) is 0 Å². The minimum absolute atomic E-state index is 0.744. The van der Waals surface area contributed by atoms with Crippen molar-refractivity contribution < 1.29 is 9.90 Å². The third kappa shape index (κ3) is 5.75. The minimum atomic E-state index is -0.833. The van der Waals surface area contributed by atoms with E-state index in [0.29, 0.717) is 0 Å². The Kier molecular flexibility index (Phi) is 6.97. The quantitative estimate of drug-likeness (QED) is 0.860. The van der Waals surface area contributed by atoms with E-state index >= 15 is 0 Å². The molecular weight excluding hydrogens is 240 g/mol. The van der Waals surface area contributed by atoms with Crippen LogP contribution in [0.4, 0.5) is 5.69 Å². The number of aliphatic carboxylic acids is 1. The fraction of sp³-hybridized carbons (Fsp3) is 0.533. The van der Waals surface area contributed by atoms with Gasteiger partial charge in [-0.05, 0) is 30.9 Å². The van der Waals surface area contributed by atoms with Gasteiger partial charge in [0.2, 0.25) is 0 Å². The molecule has 1 heterocycles. The maximum Gasteiger partial charge on any atom is 0.300 e. The van der Waals surface area contributed by atoms with Gasteiger partial charge in [-0.3, -0.25) is 4.79 Å². The van der Waals surface area contributed by atoms with E-state index in [2.05, 4.69) is 29.2 Å². The number of rotatable bonds is 2. The van der Waals surface area contributed by atoms with Gasteiger partial charge in [0.25, 0.3) is 5.97 Å². The van der Waals surface area contributed by atoms with E-state index in [1.807, 2.05) is 0 Å². The first-order valence-corrected chi connectivity index (χ1v) is 6.87. The third-order valence-electron chi connectivity index (χ3n) is 3.11. The Morgan fingerprint density at radius 2 is 2.00 bits per heavy atom. The van der Waals surface area contributed by atoms with E-state index in [-0.39, 0.29) is 0 Å². The van der Waals surface area contributed by atoms with E-state index < -0.39 is 5.97 Å². The Labute approximate surface area is 115 Å². The zero-order chi connectivity index (χ0) is 14.1. The average Bonchev–Trinajstić information content (AvgIpc) is 2.34. The summed E-state index contributed by atoms with van der Waals surface area (Å²) in [5, 5.41) is 7.42. The Morgan fingerprint density at radius 1 is 1.32 bits per heavy atom. The Hall–Kier alpha value is -1.55. The summed E-state index contributed by atoms with van der Waals surface area (Å²) in [6, 6.07) is 8.76. The van der Waals surface area contributed by atoms with Gasteiger partial charge in [0, 0.05) is 32.2 Å². The molecule has 0 saturated carbocycles. The molecule has 1 aromatic carbocycles. The van der Waals surface area contributed by atoms with Gasteiger partial charge >= 0.3 is 0 Å². The largest absolute Gasteiger partial charge is 0.481 e. The number of carbonyl (C=O) groups is 1. The van der Waals surface area contributed by atoms with Crippen molar-refractivity contribution in [3.05, 3.63) is 29.8 Å². The highest BCUT2D eigenvalue weighted by molar-refractivity contribution is 5.63. The zero-order valence-corrected chi connectivity index (χ0v) is 11.6. The Bertz CT molecular complexity index is 389. The molecule has 0 saturated heterocycles. The number of aryl methyl sites for hydroxylation is 1. The second-order valence-corrected chi connectivity index (χ2v) is 4.73. The van der Waals surface area contributed by atoms with Gasteiger partial charge < -0.3 is 15.7 Å². The molecule has 2 rings (SSSR count). The van der Waals surface area contributed by atoms with E-state index in [0.717, 1.165) is 26.6 Å². The van der Waals surface area contributed by atoms with Crippen LogP contribution in [0.15, 0.2) is 24.3 Å². The predicted octanol–water partition coefficient (Wildman–Crippen LogP) is 2.27. The van der Waals surface area contributed by atoms with Crippen molar-refractivity contribution >= 4 is 11.7 Å². The van der Waals surface area contributed by atoms with Gasteiger partial charge in [-0.25, -0.2) is 0 Å². The minimum Gasteiger partial charge on any atom is -0.481 e. The Morgan fingerprint density at radius 3 is 2.68 bits per heavy atom. The summed E-state index contributed by atoms with van der Waals surface area (Å²) in [4.78, 5) is 11.4. The van der Waals surface area contributed by atoms with Crippen LogP contribution in [0.5, 0.6) is 0 Å². The van der Waals surface area contributed by atoms with Crippen LogP contribution < -0.4 is 10.6 Å². The molecule has 0 aliphatic carbocycles. The monoisotopic (exact) mass is 264 g/mol. The zero-order valence-electron chi connectivity index (χ0n) is 11.6. The molecule has 3 N–H and O–H groups in total. The summed E-state index contributed by atoms with van der Waals surface area (Å²) >= 11 is 0. The van der Waals surface area contributed by atoms with Crippen molar-refractivity contribution in [2.75, 3.05) is 24.5 Å². The first kappa shape index (κ1) is 15.5. The maximum atomic E-state index is 9.00. The summed E-state index contributed by atoms with van der Waals surface area (Å²) in [7, 11) is 0. The van der Waals surface area contributed by atoms with Gasteiger partial charge in [0.05, 0.1) is 0 Å². The van der Waals surface area contributed by atoms with Crippen molar-refractivity contribution in [1.82, 2.24) is 0 Å². The van der Waals surface area contributed by atoms with E-state index in [1.54, 1.807) is 0 Å². The van der Waals surface area contributed by atoms with Crippen LogP contribution in [0.3, 0.4) is 0 Å². The van der Waals surface area contributed by atoms with Crippen LogP contribution in [0.25, 0.3) is 0 Å². The van der Waals surface area contributed by atoms with Crippen LogP contribution in [0.2, 0.25) is 0 Å². The summed E-state index contributed by atoms with van der Waals surface area (Å²) in [5.74, 6) is -0.833. The van der Waals surface area contributed by atoms with E-state index in [1.165, 1.54) is 36.9 Å². The summed E-state index contributed by atoms with van der Waals surface area (Å²) < 4.78 is 0. The SMILES string of the molecule is CC(=O)O.NCCN1CCCCCc2ccccc21. The highest BCUT2D eigenvalue weighted by atomic mass is 16.4. The predicted molar refractivity (Wildman–Crippen MR) is 78.6 cm³/mol. The van der Waals surface area contributed by atoms with Crippen molar-refractivity contribution in [2.24, 2.45) is 5.73 Å². The van der Waals surface area contributed by atoms with Crippen LogP contribution >= 0.6 is 0 Å². The standard InChI is InChI=1S/C13H20N2.C2H4O2/c14-9-11-15-10-5-1-2-6-12-7-3-4-8-13(12)15;1-2(3)4/h3-4,7-8H,1-2,5-6,9-11,14H2;1H3,(H,3,4). The van der Waals surface area contributed by atoms with Crippen LogP contribution in [-0.4, -0.2) is 30.7 Å². The van der Waals surface area contributed by atoms with Gasteiger partial charge in [-0.1, -0.05) is 24.6 Å². The number of hydrogen-bond donors (Lipinski definition) is 2. The summed E-state index contributed by atoms with van der Waals surface area (Å²) in [5.41, 5.74) is 8.56. The number of nitrogens with two attached hydrogens (primary N) is 1. The lowest BCUT2D eigenvalue weighted by atomic mass is 10.0. The topological polar surface area (TPSA) is 66.6 Å². The third-order valence-corrected chi connectivity index (χ3v) is 3.11. The van der Waals surface area contributed by atoms with Gasteiger partial charge in [-0.2, -0.15) is 0 Å². The molecule has 1 aromatic rings. The number of anilines is 1. The van der Waals surface area contributed by atoms with E-state index in [4.69, 9.17) is 15.6 Å². The molecule has 0 amide bonds. The molecule has 0 spiro atoms. The lowest BCUT2D eigenvalue weighted by Crippen LogP contribution is -2.31. The molecule has 0 aromatic heterocycles. The van der Waals surface area contributed by atoms with Crippen LogP contribution in [0.1, 0.15) is 31.7 Å². The fourth-order valence-corrected chi connectivity index (χ4v) is 2.33. The fourth-order valence-electron chi connectivity index (χ4n) is 2.33. The average molecular weight is 264 g/mol. The second kappa shape index (κ2) is 8.53. The van der Waals surface area contributed by atoms with Gasteiger partial charge in [0.15, 0.2) is 0 Å². The first-order chi connectivity index (χ1) is 9.15. The first-order valence-electron chi connectivity index (χ1n) is 6.87. The number of nitrogens with zero attached hydrogens (tertiary/aromatic N) is 1. The summed E-state index contributed by atoms with van der Waals surface area (Å²) in [6.07, 6.45) is 5.19. The van der Waals surface area contributed by atoms with Crippen molar-refractivity contribution in [2.45, 2.75) is 32.6 Å². The molecule has 0 radical (unpaired) electrons. The Balaban J connectivity index is 0.000000399. The highest BCUT2D eigenvalue weighted by Gasteiger charge is 2.12. The summed E-state index contributed by atoms with van der Waals surface area (Å²) in [6.45, 7) is 3.97. The molecule has 4 heteroatoms. The molecule has 0 fully saturated rings. The number of para-hydroxylation sites is 1. The molecule has 106 valence electrons. The maximum absolute atomic E-state index is 9.00. The van der Waals surface area contributed by atoms with Crippen molar-refractivity contribution in [3.8, 4) is 0 Å². The molecule has 0 atom stereocenters. The molecular formula is C15H24N2O2. The van der Waals surface area contributed by atoms with Crippen molar-refractivity contribution in [3.63, 3.8) is 0 Å². The molecule has 19 heavy (non-hydrogen) atoms. The van der Waals surface area contributed by atoms with Crippen molar-refractivity contribution in [1.29, 1.82) is 0 Å². The van der Waals surface area contributed by atoms with Crippen LogP contribution in [0, 0.1) is 0 Å².